The largest absolute Gasteiger partial charge is 0.388 e. The summed E-state index contributed by atoms with van der Waals surface area (Å²) in [5.41, 5.74) is 3.76. The Hall–Kier alpha value is -0.860. The molecular weight excluding hydrogens is 272 g/mol. The molecule has 2 aliphatic carbocycles. The van der Waals surface area contributed by atoms with Gasteiger partial charge in [-0.1, -0.05) is 37.6 Å². The fourth-order valence-electron chi connectivity index (χ4n) is 3.67. The first-order valence-electron chi connectivity index (χ1n) is 8.60. The Balaban J connectivity index is 2.21. The van der Waals surface area contributed by atoms with Crippen LogP contribution in [0.15, 0.2) is 34.9 Å². The van der Waals surface area contributed by atoms with Gasteiger partial charge >= 0.3 is 0 Å². The molecule has 0 aromatic rings. The first kappa shape index (κ1) is 17.5. The molecule has 4 atom stereocenters. The van der Waals surface area contributed by atoms with Crippen LogP contribution >= 0.6 is 0 Å². The third kappa shape index (κ3) is 3.91. The van der Waals surface area contributed by atoms with Gasteiger partial charge in [0, 0.05) is 0 Å². The molecule has 4 unspecified atom stereocenters. The molecule has 0 aromatic carbocycles. The van der Waals surface area contributed by atoms with Gasteiger partial charge in [0.25, 0.3) is 0 Å². The van der Waals surface area contributed by atoms with Crippen molar-refractivity contribution >= 4 is 0 Å². The monoisotopic (exact) mass is 304 g/mol. The van der Waals surface area contributed by atoms with Gasteiger partial charge in [0.15, 0.2) is 0 Å². The van der Waals surface area contributed by atoms with E-state index in [0.29, 0.717) is 30.1 Å². The van der Waals surface area contributed by atoms with Crippen molar-refractivity contribution < 1.29 is 10.2 Å². The first-order chi connectivity index (χ1) is 10.2. The van der Waals surface area contributed by atoms with E-state index in [-0.39, 0.29) is 0 Å². The van der Waals surface area contributed by atoms with Gasteiger partial charge in [0.1, 0.15) is 0 Å². The second kappa shape index (κ2) is 6.72. The van der Waals surface area contributed by atoms with Gasteiger partial charge in [-0.2, -0.15) is 0 Å². The Bertz CT molecular complexity index is 496. The van der Waals surface area contributed by atoms with Gasteiger partial charge in [-0.3, -0.25) is 0 Å². The molecule has 0 aromatic heterocycles. The van der Waals surface area contributed by atoms with Gasteiger partial charge < -0.3 is 10.2 Å². The molecule has 2 N–H and O–H groups in total. The van der Waals surface area contributed by atoms with Crippen LogP contribution in [0.1, 0.15) is 60.3 Å². The van der Waals surface area contributed by atoms with E-state index in [1.807, 2.05) is 19.9 Å². The molecule has 1 fully saturated rings. The van der Waals surface area contributed by atoms with Crippen molar-refractivity contribution in [3.63, 3.8) is 0 Å². The molecule has 0 radical (unpaired) electrons. The summed E-state index contributed by atoms with van der Waals surface area (Å²) in [6, 6.07) is 0. The number of fused-ring (bicyclic) bond motifs is 1. The lowest BCUT2D eigenvalue weighted by atomic mass is 9.99. The van der Waals surface area contributed by atoms with Crippen molar-refractivity contribution in [1.82, 2.24) is 0 Å². The van der Waals surface area contributed by atoms with Crippen molar-refractivity contribution in [3.05, 3.63) is 34.9 Å². The van der Waals surface area contributed by atoms with Crippen molar-refractivity contribution in [2.75, 3.05) is 0 Å². The highest BCUT2D eigenvalue weighted by Gasteiger charge is 2.55. The molecule has 2 nitrogen and oxygen atoms in total. The predicted octanol–water partition coefficient (Wildman–Crippen LogP) is 4.39. The molecule has 0 saturated heterocycles. The van der Waals surface area contributed by atoms with E-state index in [4.69, 9.17) is 0 Å². The lowest BCUT2D eigenvalue weighted by molar-refractivity contribution is 0.204. The summed E-state index contributed by atoms with van der Waals surface area (Å²) in [5, 5.41) is 20.5. The van der Waals surface area contributed by atoms with Gasteiger partial charge in [0.05, 0.1) is 12.2 Å². The van der Waals surface area contributed by atoms with Crippen LogP contribution < -0.4 is 0 Å². The maximum Gasteiger partial charge on any atom is 0.0782 e. The SMILES string of the molecule is C/C1=C\CC(O)/C(C)=C/CC(O)/C(C)=C/C2C(CC1)C2(C)C. The second-order valence-corrected chi connectivity index (χ2v) is 7.90. The average molecular weight is 304 g/mol. The fourth-order valence-corrected chi connectivity index (χ4v) is 3.67. The van der Waals surface area contributed by atoms with E-state index >= 15 is 0 Å². The summed E-state index contributed by atoms with van der Waals surface area (Å²) in [6.45, 7) is 10.8. The molecule has 1 saturated carbocycles. The lowest BCUT2D eigenvalue weighted by Gasteiger charge is -2.13. The summed E-state index contributed by atoms with van der Waals surface area (Å²) >= 11 is 0. The highest BCUT2D eigenvalue weighted by Crippen LogP contribution is 2.61. The second-order valence-electron chi connectivity index (χ2n) is 7.90. The molecule has 22 heavy (non-hydrogen) atoms. The molecule has 0 heterocycles. The van der Waals surface area contributed by atoms with Crippen molar-refractivity contribution in [1.29, 1.82) is 0 Å². The maximum absolute atomic E-state index is 10.3. The van der Waals surface area contributed by atoms with E-state index in [1.165, 1.54) is 12.0 Å². The van der Waals surface area contributed by atoms with Crippen LogP contribution in [0.3, 0.4) is 0 Å². The molecule has 0 amide bonds. The summed E-state index contributed by atoms with van der Waals surface area (Å²) in [6.07, 6.45) is 9.16. The van der Waals surface area contributed by atoms with Gasteiger partial charge in [-0.15, -0.1) is 0 Å². The van der Waals surface area contributed by atoms with Crippen LogP contribution in [0.25, 0.3) is 0 Å². The number of rotatable bonds is 0. The molecule has 2 aliphatic rings. The van der Waals surface area contributed by atoms with Gasteiger partial charge in [0.2, 0.25) is 0 Å². The van der Waals surface area contributed by atoms with Crippen molar-refractivity contribution in [2.45, 2.75) is 72.5 Å². The Morgan fingerprint density at radius 2 is 1.55 bits per heavy atom. The van der Waals surface area contributed by atoms with Crippen LogP contribution in [-0.2, 0) is 0 Å². The molecule has 2 rings (SSSR count). The topological polar surface area (TPSA) is 40.5 Å². The smallest absolute Gasteiger partial charge is 0.0782 e. The molecule has 124 valence electrons. The predicted molar refractivity (Wildman–Crippen MR) is 92.5 cm³/mol. The number of aliphatic hydroxyl groups excluding tert-OH is 2. The number of hydrogen-bond acceptors (Lipinski definition) is 2. The molecular formula is C20H32O2. The summed E-state index contributed by atoms with van der Waals surface area (Å²) in [5.74, 6) is 1.30. The van der Waals surface area contributed by atoms with E-state index in [0.717, 1.165) is 17.6 Å². The standard InChI is InChI=1S/C20H32O2/c1-13-6-9-16-17(20(16,4)5)12-15(3)19(22)11-8-14(2)18(21)10-7-13/h7-8,12,16-19,21-22H,6,9-11H2,1-5H3/b13-7+,14-8+,15-12+. The minimum absolute atomic E-state index is 0.354. The fraction of sp³-hybridized carbons (Fsp3) is 0.700. The molecule has 0 spiro atoms. The molecule has 0 aliphatic heterocycles. The zero-order valence-electron chi connectivity index (χ0n) is 14.8. The maximum atomic E-state index is 10.3. The Morgan fingerprint density at radius 1 is 0.955 bits per heavy atom. The summed E-state index contributed by atoms with van der Waals surface area (Å²) in [4.78, 5) is 0. The third-order valence-electron chi connectivity index (χ3n) is 5.84. The normalized spacial score (nSPS) is 43.5. The Morgan fingerprint density at radius 3 is 2.23 bits per heavy atom. The summed E-state index contributed by atoms with van der Waals surface area (Å²) in [7, 11) is 0. The van der Waals surface area contributed by atoms with E-state index in [1.54, 1.807) is 0 Å². The van der Waals surface area contributed by atoms with Crippen molar-refractivity contribution in [2.24, 2.45) is 17.3 Å². The van der Waals surface area contributed by atoms with E-state index < -0.39 is 12.2 Å². The highest BCUT2D eigenvalue weighted by molar-refractivity contribution is 5.21. The van der Waals surface area contributed by atoms with Crippen molar-refractivity contribution in [3.8, 4) is 0 Å². The molecule has 0 bridgehead atoms. The van der Waals surface area contributed by atoms with Crippen LogP contribution in [0.4, 0.5) is 0 Å². The summed E-state index contributed by atoms with van der Waals surface area (Å²) < 4.78 is 0. The van der Waals surface area contributed by atoms with Crippen LogP contribution in [0.2, 0.25) is 0 Å². The van der Waals surface area contributed by atoms with E-state index in [2.05, 4.69) is 32.9 Å². The van der Waals surface area contributed by atoms with Crippen LogP contribution in [0, 0.1) is 17.3 Å². The van der Waals surface area contributed by atoms with Gasteiger partial charge in [-0.25, -0.2) is 0 Å². The minimum Gasteiger partial charge on any atom is -0.388 e. The number of hydrogen-bond donors (Lipinski definition) is 2. The van der Waals surface area contributed by atoms with E-state index in [9.17, 15) is 10.2 Å². The Kier molecular flexibility index (Phi) is 5.34. The molecule has 2 heteroatoms. The van der Waals surface area contributed by atoms with Gasteiger partial charge in [-0.05, 0) is 74.9 Å². The quantitative estimate of drug-likeness (QED) is 0.651. The zero-order chi connectivity index (χ0) is 16.5. The Labute approximate surface area is 135 Å². The number of allylic oxidation sites excluding steroid dienone is 2. The average Bonchev–Trinajstić information content (AvgIpc) is 2.98. The van der Waals surface area contributed by atoms with Crippen LogP contribution in [-0.4, -0.2) is 22.4 Å². The lowest BCUT2D eigenvalue weighted by Crippen LogP contribution is -2.11. The first-order valence-corrected chi connectivity index (χ1v) is 8.60. The minimum atomic E-state index is -0.431. The highest BCUT2D eigenvalue weighted by atomic mass is 16.3. The van der Waals surface area contributed by atoms with Crippen LogP contribution in [0.5, 0.6) is 0 Å². The number of aliphatic hydroxyl groups is 2. The third-order valence-corrected chi connectivity index (χ3v) is 5.84. The zero-order valence-corrected chi connectivity index (χ0v) is 14.8.